The smallest absolute Gasteiger partial charge is 0.178 e. The zero-order valence-corrected chi connectivity index (χ0v) is 11.9. The minimum absolute atomic E-state index is 0.552. The fraction of sp³-hybridized carbons (Fsp3) is 0.286. The molecule has 5 nitrogen and oxygen atoms in total. The molecule has 0 unspecified atom stereocenters. The van der Waals surface area contributed by atoms with Crippen molar-refractivity contribution in [3.63, 3.8) is 0 Å². The molecule has 0 saturated carbocycles. The first-order chi connectivity index (χ1) is 9.79. The van der Waals surface area contributed by atoms with Crippen LogP contribution in [0.2, 0.25) is 0 Å². The van der Waals surface area contributed by atoms with Gasteiger partial charge in [0.15, 0.2) is 10.5 Å². The highest BCUT2D eigenvalue weighted by atomic mass is 32.1. The Bertz CT molecular complexity index is 758. The SMILES string of the molecule is CCCOc1cccc2c1[nH]c(=S)n2Cc1ccno1. The first kappa shape index (κ1) is 12.9. The van der Waals surface area contributed by atoms with E-state index in [1.807, 2.05) is 28.8 Å². The van der Waals surface area contributed by atoms with Crippen molar-refractivity contribution in [3.8, 4) is 5.75 Å². The lowest BCUT2D eigenvalue weighted by Gasteiger charge is -2.06. The highest BCUT2D eigenvalue weighted by Crippen LogP contribution is 2.25. The summed E-state index contributed by atoms with van der Waals surface area (Å²) in [6, 6.07) is 7.75. The van der Waals surface area contributed by atoms with E-state index in [1.165, 1.54) is 0 Å². The lowest BCUT2D eigenvalue weighted by molar-refractivity contribution is 0.320. The number of hydrogen-bond acceptors (Lipinski definition) is 4. The summed E-state index contributed by atoms with van der Waals surface area (Å²) in [6.45, 7) is 3.32. The van der Waals surface area contributed by atoms with E-state index in [1.54, 1.807) is 6.20 Å². The molecule has 0 spiro atoms. The molecule has 0 aliphatic rings. The van der Waals surface area contributed by atoms with Crippen molar-refractivity contribution in [1.29, 1.82) is 0 Å². The van der Waals surface area contributed by atoms with Crippen molar-refractivity contribution in [2.45, 2.75) is 19.9 Å². The van der Waals surface area contributed by atoms with Crippen LogP contribution in [0.3, 0.4) is 0 Å². The molecular weight excluding hydrogens is 274 g/mol. The second kappa shape index (κ2) is 5.50. The highest BCUT2D eigenvalue weighted by Gasteiger charge is 2.10. The Morgan fingerprint density at radius 1 is 1.40 bits per heavy atom. The van der Waals surface area contributed by atoms with Crippen LogP contribution in [0.25, 0.3) is 11.0 Å². The monoisotopic (exact) mass is 289 g/mol. The summed E-state index contributed by atoms with van der Waals surface area (Å²) in [5.74, 6) is 1.59. The molecule has 6 heteroatoms. The topological polar surface area (TPSA) is 56.0 Å². The zero-order chi connectivity index (χ0) is 13.9. The summed E-state index contributed by atoms with van der Waals surface area (Å²) in [5.41, 5.74) is 1.92. The molecule has 3 rings (SSSR count). The number of fused-ring (bicyclic) bond motifs is 1. The summed E-state index contributed by atoms with van der Waals surface area (Å²) in [6.07, 6.45) is 2.60. The van der Waals surface area contributed by atoms with Gasteiger partial charge < -0.3 is 18.8 Å². The van der Waals surface area contributed by atoms with Crippen molar-refractivity contribution in [2.75, 3.05) is 6.61 Å². The van der Waals surface area contributed by atoms with Gasteiger partial charge in [0.2, 0.25) is 0 Å². The molecule has 0 radical (unpaired) electrons. The zero-order valence-electron chi connectivity index (χ0n) is 11.1. The van der Waals surface area contributed by atoms with Gasteiger partial charge in [-0.1, -0.05) is 18.1 Å². The van der Waals surface area contributed by atoms with Gasteiger partial charge in [-0.2, -0.15) is 0 Å². The molecule has 0 saturated heterocycles. The molecular formula is C14H15N3O2S. The average Bonchev–Trinajstić information content (AvgIpc) is 3.06. The van der Waals surface area contributed by atoms with Crippen LogP contribution in [0.1, 0.15) is 19.1 Å². The third-order valence-electron chi connectivity index (χ3n) is 3.04. The van der Waals surface area contributed by atoms with Crippen LogP contribution in [0.15, 0.2) is 35.0 Å². The quantitative estimate of drug-likeness (QED) is 0.730. The van der Waals surface area contributed by atoms with Crippen LogP contribution in [0.4, 0.5) is 0 Å². The van der Waals surface area contributed by atoms with Gasteiger partial charge in [0.25, 0.3) is 0 Å². The van der Waals surface area contributed by atoms with E-state index in [0.717, 1.165) is 29.0 Å². The van der Waals surface area contributed by atoms with Crippen LogP contribution in [-0.4, -0.2) is 21.3 Å². The number of rotatable bonds is 5. The number of aromatic nitrogens is 3. The number of para-hydroxylation sites is 1. The molecule has 0 atom stereocenters. The van der Waals surface area contributed by atoms with E-state index in [0.29, 0.717) is 17.9 Å². The summed E-state index contributed by atoms with van der Waals surface area (Å²) in [7, 11) is 0. The van der Waals surface area contributed by atoms with Crippen molar-refractivity contribution < 1.29 is 9.26 Å². The van der Waals surface area contributed by atoms with Crippen molar-refractivity contribution in [3.05, 3.63) is 41.0 Å². The Morgan fingerprint density at radius 2 is 2.30 bits per heavy atom. The summed E-state index contributed by atoms with van der Waals surface area (Å²) in [4.78, 5) is 3.21. The number of benzene rings is 1. The van der Waals surface area contributed by atoms with Gasteiger partial charge >= 0.3 is 0 Å². The minimum atomic E-state index is 0.552. The van der Waals surface area contributed by atoms with Crippen LogP contribution < -0.4 is 4.74 Å². The Kier molecular flexibility index (Phi) is 3.56. The van der Waals surface area contributed by atoms with Crippen molar-refractivity contribution >= 4 is 23.3 Å². The first-order valence-electron chi connectivity index (χ1n) is 6.53. The average molecular weight is 289 g/mol. The second-order valence-electron chi connectivity index (χ2n) is 4.49. The van der Waals surface area contributed by atoms with E-state index in [9.17, 15) is 0 Å². The molecule has 104 valence electrons. The molecule has 0 bridgehead atoms. The molecule has 2 heterocycles. The predicted molar refractivity (Wildman–Crippen MR) is 78.5 cm³/mol. The third kappa shape index (κ3) is 2.34. The summed E-state index contributed by atoms with van der Waals surface area (Å²) >= 11 is 5.39. The van der Waals surface area contributed by atoms with Crippen LogP contribution in [-0.2, 0) is 6.54 Å². The Hall–Kier alpha value is -2.08. The molecule has 0 fully saturated rings. The number of nitrogens with zero attached hydrogens (tertiary/aromatic N) is 2. The molecule has 1 N–H and O–H groups in total. The van der Waals surface area contributed by atoms with Crippen molar-refractivity contribution in [1.82, 2.24) is 14.7 Å². The third-order valence-corrected chi connectivity index (χ3v) is 3.36. The molecule has 3 aromatic rings. The Labute approximate surface area is 121 Å². The molecule has 1 aromatic carbocycles. The van der Waals surface area contributed by atoms with E-state index in [4.69, 9.17) is 21.5 Å². The van der Waals surface area contributed by atoms with Gasteiger partial charge in [-0.3, -0.25) is 0 Å². The maximum Gasteiger partial charge on any atom is 0.178 e. The van der Waals surface area contributed by atoms with E-state index in [-0.39, 0.29) is 0 Å². The maximum absolute atomic E-state index is 5.75. The summed E-state index contributed by atoms with van der Waals surface area (Å²) in [5, 5.41) is 3.71. The van der Waals surface area contributed by atoms with E-state index in [2.05, 4.69) is 17.1 Å². The van der Waals surface area contributed by atoms with Crippen LogP contribution >= 0.6 is 12.2 Å². The van der Waals surface area contributed by atoms with Gasteiger partial charge in [-0.25, -0.2) is 0 Å². The minimum Gasteiger partial charge on any atom is -0.491 e. The predicted octanol–water partition coefficient (Wildman–Crippen LogP) is 3.52. The van der Waals surface area contributed by atoms with Gasteiger partial charge in [0.05, 0.1) is 24.9 Å². The fourth-order valence-corrected chi connectivity index (χ4v) is 2.39. The van der Waals surface area contributed by atoms with Gasteiger partial charge in [0.1, 0.15) is 11.3 Å². The van der Waals surface area contributed by atoms with E-state index >= 15 is 0 Å². The Balaban J connectivity index is 2.05. The van der Waals surface area contributed by atoms with Crippen molar-refractivity contribution in [2.24, 2.45) is 0 Å². The molecule has 20 heavy (non-hydrogen) atoms. The van der Waals surface area contributed by atoms with Crippen LogP contribution in [0.5, 0.6) is 5.75 Å². The Morgan fingerprint density at radius 3 is 3.05 bits per heavy atom. The van der Waals surface area contributed by atoms with Gasteiger partial charge in [-0.15, -0.1) is 0 Å². The molecule has 0 aliphatic heterocycles. The number of imidazole rings is 1. The van der Waals surface area contributed by atoms with Gasteiger partial charge in [-0.05, 0) is 30.8 Å². The lowest BCUT2D eigenvalue weighted by Crippen LogP contribution is -1.99. The number of nitrogens with one attached hydrogen (secondary N) is 1. The highest BCUT2D eigenvalue weighted by molar-refractivity contribution is 7.71. The summed E-state index contributed by atoms with van der Waals surface area (Å²) < 4.78 is 13.5. The number of hydrogen-bond donors (Lipinski definition) is 1. The first-order valence-corrected chi connectivity index (χ1v) is 6.94. The van der Waals surface area contributed by atoms with E-state index < -0.39 is 0 Å². The number of ether oxygens (including phenoxy) is 1. The molecule has 0 aliphatic carbocycles. The second-order valence-corrected chi connectivity index (χ2v) is 4.88. The largest absolute Gasteiger partial charge is 0.491 e. The van der Waals surface area contributed by atoms with Crippen LogP contribution in [0, 0.1) is 4.77 Å². The number of H-pyrrole nitrogens is 1. The normalized spacial score (nSPS) is 11.1. The maximum atomic E-state index is 5.75. The number of aromatic amines is 1. The van der Waals surface area contributed by atoms with Gasteiger partial charge in [0, 0.05) is 6.07 Å². The molecule has 0 amide bonds. The fourth-order valence-electron chi connectivity index (χ4n) is 2.12. The molecule has 2 aromatic heterocycles. The lowest BCUT2D eigenvalue weighted by atomic mass is 10.3. The standard InChI is InChI=1S/C14H15N3O2S/c1-2-8-18-12-5-3-4-11-13(12)16-14(20)17(11)9-10-6-7-15-19-10/h3-7H,2,8-9H2,1H3,(H,16,20).